The Labute approximate surface area is 181 Å². The number of nitrogens with zero attached hydrogens (tertiary/aromatic N) is 1. The molecule has 3 rings (SSSR count). The molecular weight excluding hydrogens is 394 g/mol. The van der Waals surface area contributed by atoms with Crippen LogP contribution in [-0.4, -0.2) is 28.7 Å². The smallest absolute Gasteiger partial charge is 0.304 e. The second kappa shape index (κ2) is 9.57. The first kappa shape index (κ1) is 22.2. The van der Waals surface area contributed by atoms with Gasteiger partial charge in [-0.2, -0.15) is 0 Å². The van der Waals surface area contributed by atoms with E-state index in [9.17, 15) is 9.59 Å². The molecule has 3 N–H and O–H groups in total. The number of carboxylic acids is 1. The van der Waals surface area contributed by atoms with Crippen molar-refractivity contribution in [2.24, 2.45) is 0 Å². The molecule has 31 heavy (non-hydrogen) atoms. The Morgan fingerprint density at radius 3 is 2.35 bits per heavy atom. The van der Waals surface area contributed by atoms with Crippen molar-refractivity contribution in [2.45, 2.75) is 39.2 Å². The fourth-order valence-corrected chi connectivity index (χ4v) is 3.17. The Kier molecular flexibility index (Phi) is 6.87. The largest absolute Gasteiger partial charge is 0.481 e. The lowest BCUT2D eigenvalue weighted by molar-refractivity contribution is -0.136. The van der Waals surface area contributed by atoms with Crippen molar-refractivity contribution in [3.05, 3.63) is 71.4 Å². The molecule has 1 heterocycles. The second-order valence-electron chi connectivity index (χ2n) is 7.85. The molecule has 0 unspecified atom stereocenters. The Morgan fingerprint density at radius 2 is 1.74 bits per heavy atom. The fraction of sp³-hybridized carbons (Fsp3) is 0.292. The number of anilines is 1. The standard InChI is InChI=1S/C24H27N3O4/c1-4-16-5-7-17(8-6-16)21-15-20(27-31-21)23(30)26-19-11-9-18(10-12-19)24(2,3)25-14-13-22(28)29/h5-12,15,25H,4,13-14H2,1-3H3,(H,26,30)(H,28,29). The molecule has 1 amide bonds. The minimum absolute atomic E-state index is 0.0556. The van der Waals surface area contributed by atoms with Crippen LogP contribution in [0.2, 0.25) is 0 Å². The average Bonchev–Trinajstić information content (AvgIpc) is 3.24. The number of aryl methyl sites for hydroxylation is 1. The molecule has 7 heteroatoms. The summed E-state index contributed by atoms with van der Waals surface area (Å²) < 4.78 is 5.34. The van der Waals surface area contributed by atoms with Crippen LogP contribution in [0.25, 0.3) is 11.3 Å². The minimum Gasteiger partial charge on any atom is -0.481 e. The van der Waals surface area contributed by atoms with Crippen molar-refractivity contribution < 1.29 is 19.2 Å². The number of carbonyl (C=O) groups is 2. The van der Waals surface area contributed by atoms with Crippen molar-refractivity contribution in [3.63, 3.8) is 0 Å². The Morgan fingerprint density at radius 1 is 1.06 bits per heavy atom. The molecule has 1 aromatic heterocycles. The molecule has 0 fully saturated rings. The van der Waals surface area contributed by atoms with Gasteiger partial charge in [0.1, 0.15) is 0 Å². The van der Waals surface area contributed by atoms with Crippen LogP contribution >= 0.6 is 0 Å². The van der Waals surface area contributed by atoms with Crippen molar-refractivity contribution >= 4 is 17.6 Å². The molecule has 0 saturated heterocycles. The third-order valence-electron chi connectivity index (χ3n) is 5.16. The van der Waals surface area contributed by atoms with Gasteiger partial charge in [0.2, 0.25) is 0 Å². The highest BCUT2D eigenvalue weighted by Crippen LogP contribution is 2.24. The van der Waals surface area contributed by atoms with Gasteiger partial charge in [-0.1, -0.05) is 48.5 Å². The van der Waals surface area contributed by atoms with Gasteiger partial charge in [-0.3, -0.25) is 9.59 Å². The summed E-state index contributed by atoms with van der Waals surface area (Å²) in [4.78, 5) is 23.2. The maximum Gasteiger partial charge on any atom is 0.304 e. The number of carbonyl (C=O) groups excluding carboxylic acids is 1. The number of aromatic nitrogens is 1. The number of amides is 1. The number of rotatable bonds is 9. The summed E-state index contributed by atoms with van der Waals surface area (Å²) in [6.07, 6.45) is 1.01. The minimum atomic E-state index is -0.838. The number of nitrogens with one attached hydrogen (secondary N) is 2. The van der Waals surface area contributed by atoms with E-state index in [4.69, 9.17) is 9.63 Å². The van der Waals surface area contributed by atoms with E-state index in [-0.39, 0.29) is 18.0 Å². The van der Waals surface area contributed by atoms with Crippen molar-refractivity contribution in [3.8, 4) is 11.3 Å². The van der Waals surface area contributed by atoms with Gasteiger partial charge >= 0.3 is 5.97 Å². The number of carboxylic acid groups (broad SMARTS) is 1. The van der Waals surface area contributed by atoms with Gasteiger partial charge in [0.15, 0.2) is 11.5 Å². The Bertz CT molecular complexity index is 1040. The summed E-state index contributed by atoms with van der Waals surface area (Å²) in [7, 11) is 0. The number of aliphatic carboxylic acids is 1. The summed E-state index contributed by atoms with van der Waals surface area (Å²) in [5.41, 5.74) is 3.51. The quantitative estimate of drug-likeness (QED) is 0.471. The van der Waals surface area contributed by atoms with Gasteiger partial charge in [-0.15, -0.1) is 0 Å². The first-order chi connectivity index (χ1) is 14.8. The average molecular weight is 421 g/mol. The highest BCUT2D eigenvalue weighted by atomic mass is 16.5. The molecule has 0 radical (unpaired) electrons. The van der Waals surface area contributed by atoms with Crippen LogP contribution in [-0.2, 0) is 16.8 Å². The summed E-state index contributed by atoms with van der Waals surface area (Å²) in [5.74, 6) is -0.653. The second-order valence-corrected chi connectivity index (χ2v) is 7.85. The van der Waals surface area contributed by atoms with Gasteiger partial charge in [0, 0.05) is 29.4 Å². The molecule has 2 aromatic carbocycles. The lowest BCUT2D eigenvalue weighted by atomic mass is 9.94. The normalized spacial score (nSPS) is 11.3. The van der Waals surface area contributed by atoms with E-state index in [2.05, 4.69) is 22.7 Å². The van der Waals surface area contributed by atoms with E-state index in [1.165, 1.54) is 5.56 Å². The van der Waals surface area contributed by atoms with Gasteiger partial charge < -0.3 is 20.3 Å². The zero-order valence-electron chi connectivity index (χ0n) is 17.9. The van der Waals surface area contributed by atoms with E-state index >= 15 is 0 Å². The van der Waals surface area contributed by atoms with Crippen LogP contribution in [0.5, 0.6) is 0 Å². The topological polar surface area (TPSA) is 104 Å². The number of hydrogen-bond donors (Lipinski definition) is 3. The van der Waals surface area contributed by atoms with Gasteiger partial charge in [0.05, 0.1) is 6.42 Å². The first-order valence-electron chi connectivity index (χ1n) is 10.2. The third-order valence-corrected chi connectivity index (χ3v) is 5.16. The van der Waals surface area contributed by atoms with E-state index in [0.29, 0.717) is 18.0 Å². The predicted molar refractivity (Wildman–Crippen MR) is 119 cm³/mol. The van der Waals surface area contributed by atoms with Crippen LogP contribution in [0, 0.1) is 0 Å². The summed E-state index contributed by atoms with van der Waals surface area (Å²) >= 11 is 0. The number of hydrogen-bond acceptors (Lipinski definition) is 5. The summed E-state index contributed by atoms with van der Waals surface area (Å²) in [6.45, 7) is 6.42. The van der Waals surface area contributed by atoms with Gasteiger partial charge in [-0.05, 0) is 43.5 Å². The fourth-order valence-electron chi connectivity index (χ4n) is 3.17. The Balaban J connectivity index is 1.63. The monoisotopic (exact) mass is 421 g/mol. The molecular formula is C24H27N3O4. The van der Waals surface area contributed by atoms with Crippen molar-refractivity contribution in [1.29, 1.82) is 0 Å². The predicted octanol–water partition coefficient (Wildman–Crippen LogP) is 4.46. The summed E-state index contributed by atoms with van der Waals surface area (Å²) in [5, 5.41) is 18.7. The van der Waals surface area contributed by atoms with Gasteiger partial charge in [-0.25, -0.2) is 0 Å². The van der Waals surface area contributed by atoms with Gasteiger partial charge in [0.25, 0.3) is 5.91 Å². The molecule has 0 atom stereocenters. The molecule has 162 valence electrons. The van der Waals surface area contributed by atoms with E-state index in [1.807, 2.05) is 50.2 Å². The molecule has 0 bridgehead atoms. The van der Waals surface area contributed by atoms with Crippen LogP contribution in [0.1, 0.15) is 48.8 Å². The van der Waals surface area contributed by atoms with E-state index in [1.54, 1.807) is 18.2 Å². The zero-order chi connectivity index (χ0) is 22.4. The number of benzene rings is 2. The lowest BCUT2D eigenvalue weighted by Gasteiger charge is -2.27. The molecule has 0 aliphatic heterocycles. The first-order valence-corrected chi connectivity index (χ1v) is 10.2. The van der Waals surface area contributed by atoms with Crippen LogP contribution < -0.4 is 10.6 Å². The highest BCUT2D eigenvalue weighted by molar-refractivity contribution is 6.03. The van der Waals surface area contributed by atoms with Crippen LogP contribution in [0.3, 0.4) is 0 Å². The van der Waals surface area contributed by atoms with Crippen LogP contribution in [0.15, 0.2) is 59.1 Å². The molecule has 0 spiro atoms. The van der Waals surface area contributed by atoms with E-state index in [0.717, 1.165) is 17.5 Å². The molecule has 3 aromatic rings. The van der Waals surface area contributed by atoms with Crippen molar-refractivity contribution in [2.75, 3.05) is 11.9 Å². The van der Waals surface area contributed by atoms with E-state index < -0.39 is 11.5 Å². The Hall–Kier alpha value is -3.45. The molecule has 0 saturated carbocycles. The SMILES string of the molecule is CCc1ccc(-c2cc(C(=O)Nc3ccc(C(C)(C)NCCC(=O)O)cc3)no2)cc1. The lowest BCUT2D eigenvalue weighted by Crippen LogP contribution is -2.37. The maximum atomic E-state index is 12.5. The summed E-state index contributed by atoms with van der Waals surface area (Å²) in [6, 6.07) is 17.0. The maximum absolute atomic E-state index is 12.5. The highest BCUT2D eigenvalue weighted by Gasteiger charge is 2.20. The van der Waals surface area contributed by atoms with Crippen molar-refractivity contribution in [1.82, 2.24) is 10.5 Å². The zero-order valence-corrected chi connectivity index (χ0v) is 17.9. The molecule has 0 aliphatic carbocycles. The molecule has 0 aliphatic rings. The molecule has 7 nitrogen and oxygen atoms in total. The van der Waals surface area contributed by atoms with Crippen LogP contribution in [0.4, 0.5) is 5.69 Å². The third kappa shape index (κ3) is 5.79.